The van der Waals surface area contributed by atoms with Crippen LogP contribution in [0.25, 0.3) is 0 Å². The highest BCUT2D eigenvalue weighted by Crippen LogP contribution is 2.26. The number of benzene rings is 2. The average molecular weight is 412 g/mol. The van der Waals surface area contributed by atoms with Gasteiger partial charge in [-0.25, -0.2) is 9.59 Å². The Morgan fingerprint density at radius 3 is 2.23 bits per heavy atom. The SMILES string of the molecule is COC(=O)c1ccc(CCCCCC(=O)Nc2cc(C(=O)O)ccc2N(C)C)cc1. The first-order valence-electron chi connectivity index (χ1n) is 9.83. The van der Waals surface area contributed by atoms with Crippen molar-refractivity contribution in [2.75, 3.05) is 31.4 Å². The molecule has 2 aromatic carbocycles. The first-order valence-corrected chi connectivity index (χ1v) is 9.83. The number of carbonyl (C=O) groups is 3. The summed E-state index contributed by atoms with van der Waals surface area (Å²) in [7, 11) is 5.03. The molecular weight excluding hydrogens is 384 g/mol. The van der Waals surface area contributed by atoms with Crippen LogP contribution in [0.5, 0.6) is 0 Å². The van der Waals surface area contributed by atoms with E-state index in [2.05, 4.69) is 10.1 Å². The maximum absolute atomic E-state index is 12.3. The molecule has 2 rings (SSSR count). The average Bonchev–Trinajstić information content (AvgIpc) is 2.73. The molecule has 0 bridgehead atoms. The molecule has 7 heteroatoms. The van der Waals surface area contributed by atoms with Gasteiger partial charge in [0.1, 0.15) is 0 Å². The number of ether oxygens (including phenoxy) is 1. The summed E-state index contributed by atoms with van der Waals surface area (Å²) in [6.45, 7) is 0. The zero-order valence-electron chi connectivity index (χ0n) is 17.6. The van der Waals surface area contributed by atoms with Crippen molar-refractivity contribution in [1.29, 1.82) is 0 Å². The van der Waals surface area contributed by atoms with Crippen molar-refractivity contribution in [2.24, 2.45) is 0 Å². The molecule has 7 nitrogen and oxygen atoms in total. The molecule has 0 saturated carbocycles. The van der Waals surface area contributed by atoms with E-state index >= 15 is 0 Å². The predicted molar refractivity (Wildman–Crippen MR) is 116 cm³/mol. The highest BCUT2D eigenvalue weighted by Gasteiger charge is 2.12. The Hall–Kier alpha value is -3.35. The number of aryl methyl sites for hydroxylation is 1. The number of hydrogen-bond donors (Lipinski definition) is 2. The summed E-state index contributed by atoms with van der Waals surface area (Å²) < 4.78 is 4.68. The molecular formula is C23H28N2O5. The lowest BCUT2D eigenvalue weighted by Crippen LogP contribution is -2.17. The van der Waals surface area contributed by atoms with Crippen molar-refractivity contribution >= 4 is 29.2 Å². The summed E-state index contributed by atoms with van der Waals surface area (Å²) in [4.78, 5) is 36.8. The van der Waals surface area contributed by atoms with Gasteiger partial charge in [0.25, 0.3) is 0 Å². The second kappa shape index (κ2) is 11.0. The van der Waals surface area contributed by atoms with Crippen LogP contribution in [0.4, 0.5) is 11.4 Å². The molecule has 0 unspecified atom stereocenters. The second-order valence-corrected chi connectivity index (χ2v) is 7.23. The Kier molecular flexibility index (Phi) is 8.41. The molecule has 0 aliphatic heterocycles. The van der Waals surface area contributed by atoms with Gasteiger partial charge >= 0.3 is 11.9 Å². The fourth-order valence-electron chi connectivity index (χ4n) is 3.09. The summed E-state index contributed by atoms with van der Waals surface area (Å²) in [6, 6.07) is 12.0. The quantitative estimate of drug-likeness (QED) is 0.453. The van der Waals surface area contributed by atoms with Crippen LogP contribution in [0, 0.1) is 0 Å². The number of amides is 1. The standard InChI is InChI=1S/C23H28N2O5/c1-25(2)20-14-13-18(22(27)28)15-19(20)24-21(26)8-6-4-5-7-16-9-11-17(12-10-16)23(29)30-3/h9-15H,4-8H2,1-3H3,(H,24,26)(H,27,28). The van der Waals surface area contributed by atoms with Crippen LogP contribution in [-0.4, -0.2) is 44.2 Å². The number of rotatable bonds is 10. The molecule has 0 aliphatic carbocycles. The van der Waals surface area contributed by atoms with Gasteiger partial charge in [0.05, 0.1) is 29.6 Å². The molecule has 30 heavy (non-hydrogen) atoms. The minimum Gasteiger partial charge on any atom is -0.478 e. The van der Waals surface area contributed by atoms with Gasteiger partial charge in [0, 0.05) is 20.5 Å². The number of unbranched alkanes of at least 4 members (excludes halogenated alkanes) is 2. The van der Waals surface area contributed by atoms with E-state index in [-0.39, 0.29) is 17.4 Å². The van der Waals surface area contributed by atoms with E-state index in [1.54, 1.807) is 18.2 Å². The van der Waals surface area contributed by atoms with Gasteiger partial charge < -0.3 is 20.1 Å². The molecule has 0 saturated heterocycles. The number of carboxylic acids is 1. The van der Waals surface area contributed by atoms with E-state index < -0.39 is 5.97 Å². The van der Waals surface area contributed by atoms with Gasteiger partial charge in [-0.2, -0.15) is 0 Å². The van der Waals surface area contributed by atoms with Gasteiger partial charge in [0.15, 0.2) is 0 Å². The third-order valence-electron chi connectivity index (χ3n) is 4.74. The molecule has 160 valence electrons. The van der Waals surface area contributed by atoms with Crippen molar-refractivity contribution in [3.05, 3.63) is 59.2 Å². The van der Waals surface area contributed by atoms with E-state index in [1.165, 1.54) is 19.2 Å². The lowest BCUT2D eigenvalue weighted by molar-refractivity contribution is -0.116. The number of anilines is 2. The molecule has 0 fully saturated rings. The van der Waals surface area contributed by atoms with Crippen LogP contribution in [0.1, 0.15) is 52.0 Å². The Labute approximate surface area is 176 Å². The summed E-state index contributed by atoms with van der Waals surface area (Å²) in [6.07, 6.45) is 3.80. The van der Waals surface area contributed by atoms with E-state index in [9.17, 15) is 19.5 Å². The van der Waals surface area contributed by atoms with Gasteiger partial charge in [-0.1, -0.05) is 18.6 Å². The van der Waals surface area contributed by atoms with Gasteiger partial charge in [-0.15, -0.1) is 0 Å². The predicted octanol–water partition coefficient (Wildman–Crippen LogP) is 3.98. The van der Waals surface area contributed by atoms with Crippen molar-refractivity contribution in [3.63, 3.8) is 0 Å². The lowest BCUT2D eigenvalue weighted by Gasteiger charge is -2.18. The third kappa shape index (κ3) is 6.62. The molecule has 1 amide bonds. The van der Waals surface area contributed by atoms with E-state index in [4.69, 9.17) is 0 Å². The largest absolute Gasteiger partial charge is 0.478 e. The van der Waals surface area contributed by atoms with Gasteiger partial charge in [0.2, 0.25) is 5.91 Å². The topological polar surface area (TPSA) is 95.9 Å². The van der Waals surface area contributed by atoms with Crippen molar-refractivity contribution in [1.82, 2.24) is 0 Å². The van der Waals surface area contributed by atoms with Crippen LogP contribution >= 0.6 is 0 Å². The monoisotopic (exact) mass is 412 g/mol. The van der Waals surface area contributed by atoms with Crippen LogP contribution in [0.2, 0.25) is 0 Å². The Balaban J connectivity index is 1.79. The summed E-state index contributed by atoms with van der Waals surface area (Å²) in [5.74, 6) is -1.52. The fraction of sp³-hybridized carbons (Fsp3) is 0.348. The number of esters is 1. The maximum atomic E-state index is 12.3. The van der Waals surface area contributed by atoms with Crippen LogP contribution in [0.3, 0.4) is 0 Å². The van der Waals surface area contributed by atoms with Crippen molar-refractivity contribution in [2.45, 2.75) is 32.1 Å². The number of hydrogen-bond acceptors (Lipinski definition) is 5. The first-order chi connectivity index (χ1) is 14.3. The molecule has 0 atom stereocenters. The third-order valence-corrected chi connectivity index (χ3v) is 4.74. The fourth-order valence-corrected chi connectivity index (χ4v) is 3.09. The molecule has 0 aliphatic rings. The highest BCUT2D eigenvalue weighted by molar-refractivity contribution is 5.97. The summed E-state index contributed by atoms with van der Waals surface area (Å²) in [5, 5.41) is 12.0. The summed E-state index contributed by atoms with van der Waals surface area (Å²) >= 11 is 0. The van der Waals surface area contributed by atoms with E-state index in [0.29, 0.717) is 17.7 Å². The first kappa shape index (κ1) is 22.9. The molecule has 0 radical (unpaired) electrons. The van der Waals surface area contributed by atoms with Crippen molar-refractivity contribution in [3.8, 4) is 0 Å². The number of nitrogens with zero attached hydrogens (tertiary/aromatic N) is 1. The van der Waals surface area contributed by atoms with E-state index in [1.807, 2.05) is 31.1 Å². The van der Waals surface area contributed by atoms with Gasteiger partial charge in [-0.3, -0.25) is 4.79 Å². The Bertz CT molecular complexity index is 891. The zero-order chi connectivity index (χ0) is 22.1. The molecule has 0 aromatic heterocycles. The maximum Gasteiger partial charge on any atom is 0.337 e. The van der Waals surface area contributed by atoms with Crippen LogP contribution < -0.4 is 10.2 Å². The molecule has 0 spiro atoms. The summed E-state index contributed by atoms with van der Waals surface area (Å²) in [5.41, 5.74) is 3.05. The Morgan fingerprint density at radius 1 is 0.967 bits per heavy atom. The van der Waals surface area contributed by atoms with Crippen molar-refractivity contribution < 1.29 is 24.2 Å². The minimum atomic E-state index is -1.03. The molecule has 0 heterocycles. The van der Waals surface area contributed by atoms with Crippen LogP contribution in [0.15, 0.2) is 42.5 Å². The number of carbonyl (C=O) groups excluding carboxylic acids is 2. The van der Waals surface area contributed by atoms with Gasteiger partial charge in [-0.05, 0) is 55.2 Å². The number of aromatic carboxylic acids is 1. The lowest BCUT2D eigenvalue weighted by atomic mass is 10.0. The number of nitrogens with one attached hydrogen (secondary N) is 1. The van der Waals surface area contributed by atoms with E-state index in [0.717, 1.165) is 36.9 Å². The van der Waals surface area contributed by atoms with Crippen LogP contribution in [-0.2, 0) is 16.0 Å². The zero-order valence-corrected chi connectivity index (χ0v) is 17.6. The highest BCUT2D eigenvalue weighted by atomic mass is 16.5. The number of methoxy groups -OCH3 is 1. The number of carboxylic acid groups (broad SMARTS) is 1. The smallest absolute Gasteiger partial charge is 0.337 e. The molecule has 2 N–H and O–H groups in total. The second-order valence-electron chi connectivity index (χ2n) is 7.23. The molecule has 2 aromatic rings. The minimum absolute atomic E-state index is 0.133. The Morgan fingerprint density at radius 2 is 1.63 bits per heavy atom. The normalized spacial score (nSPS) is 10.4.